The Morgan fingerprint density at radius 3 is 2.11 bits per heavy atom. The van der Waals surface area contributed by atoms with E-state index in [0.717, 1.165) is 0 Å². The molecule has 5 rings (SSSR count). The van der Waals surface area contributed by atoms with Crippen LogP contribution < -0.4 is 19.0 Å². The van der Waals surface area contributed by atoms with Crippen molar-refractivity contribution in [3.63, 3.8) is 0 Å². The van der Waals surface area contributed by atoms with Crippen LogP contribution in [0.5, 0.6) is 0 Å². The summed E-state index contributed by atoms with van der Waals surface area (Å²) in [6.07, 6.45) is 2.24. The molecule has 0 saturated carbocycles. The molecule has 5 heteroatoms. The van der Waals surface area contributed by atoms with Crippen LogP contribution >= 0.6 is 0 Å². The number of aromatic nitrogens is 1. The van der Waals surface area contributed by atoms with Crippen LogP contribution in [0.1, 0.15) is 16.7 Å². The molecular weight excluding hydrogens is 331 g/mol. The molecule has 0 atom stereocenters. The molecule has 0 spiro atoms. The van der Waals surface area contributed by atoms with Crippen molar-refractivity contribution in [1.82, 2.24) is 0 Å². The predicted molar refractivity (Wildman–Crippen MR) is 113 cm³/mol. The average molecular weight is 355 g/mol. The molecule has 2 aliphatic heterocycles. The molecular formula is C22H24BN4+. The standard InChI is InChI=1S/C22H24BN4/c1-15-10-6-7-11-18(15)27-22-21(17(3)16(2)14-24(22)4)26-20-13-9-8-12-19(20)25(5)23(26)27/h6-14H,1-5H3/q+1. The zero-order chi connectivity index (χ0) is 18.9. The Kier molecular flexibility index (Phi) is 3.32. The lowest BCUT2D eigenvalue weighted by Crippen LogP contribution is -2.53. The Morgan fingerprint density at radius 2 is 1.41 bits per heavy atom. The third-order valence-corrected chi connectivity index (χ3v) is 6.05. The third-order valence-electron chi connectivity index (χ3n) is 6.05. The van der Waals surface area contributed by atoms with Crippen LogP contribution in [0.25, 0.3) is 0 Å². The van der Waals surface area contributed by atoms with Crippen molar-refractivity contribution in [2.45, 2.75) is 20.8 Å². The van der Waals surface area contributed by atoms with Gasteiger partial charge in [-0.15, -0.1) is 0 Å². The topological polar surface area (TPSA) is 13.6 Å². The molecule has 0 saturated heterocycles. The fraction of sp³-hybridized carbons (Fsp3) is 0.227. The van der Waals surface area contributed by atoms with Crippen molar-refractivity contribution in [2.75, 3.05) is 21.5 Å². The van der Waals surface area contributed by atoms with Gasteiger partial charge in [-0.05, 0) is 62.7 Å². The normalized spacial score (nSPS) is 14.6. The summed E-state index contributed by atoms with van der Waals surface area (Å²) in [5.41, 5.74) is 9.05. The van der Waals surface area contributed by atoms with Crippen LogP contribution in [-0.2, 0) is 7.05 Å². The number of benzene rings is 2. The second-order valence-corrected chi connectivity index (χ2v) is 7.69. The minimum Gasteiger partial charge on any atom is -0.354 e. The maximum absolute atomic E-state index is 2.50. The highest BCUT2D eigenvalue weighted by Crippen LogP contribution is 2.53. The fourth-order valence-electron chi connectivity index (χ4n) is 4.64. The second kappa shape index (κ2) is 5.52. The average Bonchev–Trinajstić information content (AvgIpc) is 3.15. The van der Waals surface area contributed by atoms with Gasteiger partial charge >= 0.3 is 7.12 Å². The zero-order valence-corrected chi connectivity index (χ0v) is 16.6. The molecule has 0 aliphatic carbocycles. The largest absolute Gasteiger partial charge is 0.639 e. The van der Waals surface area contributed by atoms with Crippen molar-refractivity contribution >= 4 is 35.7 Å². The van der Waals surface area contributed by atoms with Crippen molar-refractivity contribution in [3.8, 4) is 0 Å². The lowest BCUT2D eigenvalue weighted by atomic mass is 9.87. The predicted octanol–water partition coefficient (Wildman–Crippen LogP) is 4.16. The number of pyridine rings is 1. The van der Waals surface area contributed by atoms with Crippen molar-refractivity contribution in [2.24, 2.45) is 7.05 Å². The van der Waals surface area contributed by atoms with Gasteiger partial charge in [0.2, 0.25) is 0 Å². The van der Waals surface area contributed by atoms with E-state index in [1.54, 1.807) is 0 Å². The van der Waals surface area contributed by atoms with E-state index in [4.69, 9.17) is 0 Å². The molecule has 1 aromatic heterocycles. The Morgan fingerprint density at radius 1 is 0.778 bits per heavy atom. The summed E-state index contributed by atoms with van der Waals surface area (Å²) in [6, 6.07) is 17.4. The first-order valence-electron chi connectivity index (χ1n) is 9.46. The molecule has 27 heavy (non-hydrogen) atoms. The third kappa shape index (κ3) is 2.02. The Bertz CT molecular complexity index is 1080. The lowest BCUT2D eigenvalue weighted by Gasteiger charge is -2.23. The number of fused-ring (bicyclic) bond motifs is 5. The van der Waals surface area contributed by atoms with Gasteiger partial charge in [0.15, 0.2) is 0 Å². The van der Waals surface area contributed by atoms with E-state index in [2.05, 4.69) is 109 Å². The summed E-state index contributed by atoms with van der Waals surface area (Å²) in [5, 5.41) is 0. The smallest absolute Gasteiger partial charge is 0.354 e. The van der Waals surface area contributed by atoms with Gasteiger partial charge in [0.05, 0.1) is 24.6 Å². The van der Waals surface area contributed by atoms with Gasteiger partial charge in [0.1, 0.15) is 11.4 Å². The number of rotatable bonds is 1. The van der Waals surface area contributed by atoms with E-state index in [1.165, 1.54) is 45.3 Å². The minimum atomic E-state index is 0.102. The van der Waals surface area contributed by atoms with Gasteiger partial charge in [-0.2, -0.15) is 0 Å². The summed E-state index contributed by atoms with van der Waals surface area (Å²) >= 11 is 0. The van der Waals surface area contributed by atoms with Crippen LogP contribution in [0, 0.1) is 20.8 Å². The van der Waals surface area contributed by atoms with E-state index in [1.807, 2.05) is 0 Å². The fourth-order valence-corrected chi connectivity index (χ4v) is 4.64. The molecule has 0 unspecified atom stereocenters. The highest BCUT2D eigenvalue weighted by molar-refractivity contribution is 6.78. The first kappa shape index (κ1) is 16.2. The number of para-hydroxylation sites is 3. The van der Waals surface area contributed by atoms with E-state index in [-0.39, 0.29) is 7.12 Å². The Balaban J connectivity index is 1.86. The molecule has 0 amide bonds. The summed E-state index contributed by atoms with van der Waals surface area (Å²) in [7, 11) is 4.46. The van der Waals surface area contributed by atoms with Crippen LogP contribution in [-0.4, -0.2) is 14.2 Å². The Labute approximate surface area is 161 Å². The molecule has 0 N–H and O–H groups in total. The quantitative estimate of drug-likeness (QED) is 0.481. The number of hydrogen-bond acceptors (Lipinski definition) is 3. The molecule has 3 heterocycles. The van der Waals surface area contributed by atoms with Crippen LogP contribution in [0.4, 0.5) is 28.6 Å². The van der Waals surface area contributed by atoms with Crippen LogP contribution in [0.15, 0.2) is 54.7 Å². The molecule has 134 valence electrons. The summed E-state index contributed by atoms with van der Waals surface area (Å²) < 4.78 is 2.28. The molecule has 0 fully saturated rings. The summed E-state index contributed by atoms with van der Waals surface area (Å²) in [4.78, 5) is 7.37. The SMILES string of the molecule is Cc1ccccc1N1B2N(C)c3ccccc3N2c2c(C)c(C)c[n+](C)c21. The lowest BCUT2D eigenvalue weighted by molar-refractivity contribution is -0.657. The number of aryl methyl sites for hydroxylation is 3. The molecule has 0 bridgehead atoms. The van der Waals surface area contributed by atoms with Crippen molar-refractivity contribution in [1.29, 1.82) is 0 Å². The Hall–Kier alpha value is -2.95. The molecule has 4 nitrogen and oxygen atoms in total. The maximum Gasteiger partial charge on any atom is 0.639 e. The molecule has 0 radical (unpaired) electrons. The van der Waals surface area contributed by atoms with Crippen molar-refractivity contribution < 1.29 is 4.57 Å². The maximum atomic E-state index is 2.50. The minimum absolute atomic E-state index is 0.102. The summed E-state index contributed by atoms with van der Waals surface area (Å²) in [6.45, 7) is 6.64. The van der Waals surface area contributed by atoms with Gasteiger partial charge in [-0.25, -0.2) is 9.38 Å². The van der Waals surface area contributed by atoms with Gasteiger partial charge < -0.3 is 9.62 Å². The van der Waals surface area contributed by atoms with Crippen LogP contribution in [0.2, 0.25) is 0 Å². The molecule has 2 aromatic carbocycles. The number of nitrogens with zero attached hydrogens (tertiary/aromatic N) is 4. The van der Waals surface area contributed by atoms with Gasteiger partial charge in [0.25, 0.3) is 5.82 Å². The van der Waals surface area contributed by atoms with Crippen LogP contribution in [0.3, 0.4) is 0 Å². The molecule has 3 aromatic rings. The van der Waals surface area contributed by atoms with Gasteiger partial charge in [0, 0.05) is 0 Å². The highest BCUT2D eigenvalue weighted by atomic mass is 15.5. The number of hydrogen-bond donors (Lipinski definition) is 0. The van der Waals surface area contributed by atoms with E-state index in [0.29, 0.717) is 0 Å². The first-order valence-corrected chi connectivity index (χ1v) is 9.46. The summed E-state index contributed by atoms with van der Waals surface area (Å²) in [5.74, 6) is 1.25. The zero-order valence-electron chi connectivity index (χ0n) is 16.6. The van der Waals surface area contributed by atoms with E-state index >= 15 is 0 Å². The second-order valence-electron chi connectivity index (χ2n) is 7.69. The van der Waals surface area contributed by atoms with Gasteiger partial charge in [-0.3, -0.25) is 0 Å². The number of anilines is 5. The van der Waals surface area contributed by atoms with E-state index in [9.17, 15) is 0 Å². The van der Waals surface area contributed by atoms with Gasteiger partial charge in [-0.1, -0.05) is 30.3 Å². The highest BCUT2D eigenvalue weighted by Gasteiger charge is 2.60. The molecule has 2 aliphatic rings. The van der Waals surface area contributed by atoms with Crippen molar-refractivity contribution in [3.05, 3.63) is 71.4 Å². The first-order chi connectivity index (χ1) is 13.0. The monoisotopic (exact) mass is 355 g/mol. The van der Waals surface area contributed by atoms with E-state index < -0.39 is 0 Å².